The predicted octanol–water partition coefficient (Wildman–Crippen LogP) is 7.07. The minimum Gasteiger partial charge on any atom is -0.497 e. The molecule has 1 aliphatic rings. The quantitative estimate of drug-likeness (QED) is 0.464. The van der Waals surface area contributed by atoms with Gasteiger partial charge in [0.05, 0.1) is 18.4 Å². The molecule has 1 atom stereocenters. The van der Waals surface area contributed by atoms with E-state index >= 15 is 0 Å². The van der Waals surface area contributed by atoms with Crippen LogP contribution in [0.3, 0.4) is 0 Å². The molecule has 1 fully saturated rings. The zero-order valence-electron chi connectivity index (χ0n) is 18.9. The molecule has 2 aromatic carbocycles. The zero-order valence-corrected chi connectivity index (χ0v) is 18.9. The molecule has 0 spiro atoms. The van der Waals surface area contributed by atoms with Crippen LogP contribution in [-0.4, -0.2) is 20.2 Å². The van der Waals surface area contributed by atoms with Crippen molar-refractivity contribution < 1.29 is 4.74 Å². The van der Waals surface area contributed by atoms with Crippen molar-refractivity contribution in [3.63, 3.8) is 0 Å². The van der Waals surface area contributed by atoms with Gasteiger partial charge in [-0.25, -0.2) is 0 Å². The third-order valence-electron chi connectivity index (χ3n) is 6.07. The van der Waals surface area contributed by atoms with Crippen molar-refractivity contribution in [2.24, 2.45) is 0 Å². The number of hydrogen-bond acceptors (Lipinski definition) is 3. The van der Waals surface area contributed by atoms with E-state index in [-0.39, 0.29) is 0 Å². The number of ether oxygens (including phenoxy) is 1. The van der Waals surface area contributed by atoms with Crippen LogP contribution in [0.2, 0.25) is 0 Å². The Hall–Kier alpha value is -2.73. The van der Waals surface area contributed by atoms with Crippen LogP contribution in [0.15, 0.2) is 48.0 Å². The molecule has 158 valence electrons. The number of piperidine rings is 1. The largest absolute Gasteiger partial charge is 0.497 e. The summed E-state index contributed by atoms with van der Waals surface area (Å²) < 4.78 is 5.36. The predicted molar refractivity (Wildman–Crippen MR) is 126 cm³/mol. The average molecular weight is 403 g/mol. The van der Waals surface area contributed by atoms with Crippen LogP contribution in [0, 0.1) is 11.3 Å². The molecule has 3 heteroatoms. The maximum atomic E-state index is 9.93. The third kappa shape index (κ3) is 5.25. The highest BCUT2D eigenvalue weighted by molar-refractivity contribution is 5.77. The summed E-state index contributed by atoms with van der Waals surface area (Å²) >= 11 is 0. The van der Waals surface area contributed by atoms with Gasteiger partial charge in [-0.15, -0.1) is 0 Å². The maximum absolute atomic E-state index is 9.93. The fourth-order valence-corrected chi connectivity index (χ4v) is 4.30. The van der Waals surface area contributed by atoms with Crippen LogP contribution in [0.1, 0.15) is 69.9 Å². The first-order valence-electron chi connectivity index (χ1n) is 11.1. The molecule has 0 N–H and O–H groups in total. The van der Waals surface area contributed by atoms with Gasteiger partial charge in [0.1, 0.15) is 11.8 Å². The summed E-state index contributed by atoms with van der Waals surface area (Å²) in [6, 6.07) is 15.2. The molecule has 1 saturated heterocycles. The first-order valence-corrected chi connectivity index (χ1v) is 11.1. The van der Waals surface area contributed by atoms with Gasteiger partial charge in [-0.2, -0.15) is 5.26 Å². The monoisotopic (exact) mass is 402 g/mol. The summed E-state index contributed by atoms with van der Waals surface area (Å²) in [6.45, 7) is 8.64. The summed E-state index contributed by atoms with van der Waals surface area (Å²) in [6.07, 6.45) is 8.11. The molecule has 2 aromatic rings. The van der Waals surface area contributed by atoms with E-state index < -0.39 is 0 Å². The standard InChI is InChI=1S/C27H34N2O/c1-20(2)9-8-10-21(3)25-17-23(19-28)27(29-15-6-5-7-16-29)18-26(25)22-11-13-24(30-4)14-12-22/h9,11-14,17-18,21H,5-8,10,15-16H2,1-4H3/t21-/m0/s1. The summed E-state index contributed by atoms with van der Waals surface area (Å²) in [5.41, 5.74) is 6.93. The van der Waals surface area contributed by atoms with E-state index in [9.17, 15) is 5.26 Å². The fourth-order valence-electron chi connectivity index (χ4n) is 4.30. The highest BCUT2D eigenvalue weighted by atomic mass is 16.5. The van der Waals surface area contributed by atoms with Gasteiger partial charge >= 0.3 is 0 Å². The second-order valence-corrected chi connectivity index (χ2v) is 8.60. The highest BCUT2D eigenvalue weighted by Crippen LogP contribution is 2.38. The van der Waals surface area contributed by atoms with Crippen molar-refractivity contribution in [1.29, 1.82) is 5.26 Å². The molecule has 1 heterocycles. The van der Waals surface area contributed by atoms with Crippen molar-refractivity contribution in [3.05, 3.63) is 59.2 Å². The molecule has 0 aliphatic carbocycles. The maximum Gasteiger partial charge on any atom is 0.118 e. The van der Waals surface area contributed by atoms with Crippen molar-refractivity contribution in [1.82, 2.24) is 0 Å². The van der Waals surface area contributed by atoms with Gasteiger partial charge in [-0.1, -0.05) is 30.7 Å². The van der Waals surface area contributed by atoms with E-state index in [1.54, 1.807) is 7.11 Å². The van der Waals surface area contributed by atoms with E-state index in [4.69, 9.17) is 4.74 Å². The topological polar surface area (TPSA) is 36.3 Å². The Balaban J connectivity index is 2.06. The molecule has 0 radical (unpaired) electrons. The number of allylic oxidation sites excluding steroid dienone is 2. The molecule has 3 nitrogen and oxygen atoms in total. The van der Waals surface area contributed by atoms with Crippen LogP contribution in [0.25, 0.3) is 11.1 Å². The lowest BCUT2D eigenvalue weighted by Gasteiger charge is -2.31. The van der Waals surface area contributed by atoms with Crippen LogP contribution in [0.4, 0.5) is 5.69 Å². The molecule has 0 aromatic heterocycles. The van der Waals surface area contributed by atoms with Gasteiger partial charge in [0.2, 0.25) is 0 Å². The van der Waals surface area contributed by atoms with Crippen LogP contribution in [-0.2, 0) is 0 Å². The average Bonchev–Trinajstić information content (AvgIpc) is 2.78. The highest BCUT2D eigenvalue weighted by Gasteiger charge is 2.20. The summed E-state index contributed by atoms with van der Waals surface area (Å²) in [5, 5.41) is 9.93. The number of benzene rings is 2. The van der Waals surface area contributed by atoms with E-state index in [0.717, 1.165) is 42.9 Å². The van der Waals surface area contributed by atoms with Gasteiger partial charge in [0.25, 0.3) is 0 Å². The molecule has 0 unspecified atom stereocenters. The van der Waals surface area contributed by atoms with E-state index in [0.29, 0.717) is 5.92 Å². The first kappa shape index (κ1) is 22.0. The van der Waals surface area contributed by atoms with Crippen molar-refractivity contribution in [2.45, 2.75) is 58.8 Å². The van der Waals surface area contributed by atoms with E-state index in [1.165, 1.54) is 41.5 Å². The van der Waals surface area contributed by atoms with Crippen LogP contribution in [0.5, 0.6) is 5.75 Å². The fraction of sp³-hybridized carbons (Fsp3) is 0.444. The normalized spacial score (nSPS) is 14.7. The minimum absolute atomic E-state index is 0.375. The minimum atomic E-state index is 0.375. The second-order valence-electron chi connectivity index (χ2n) is 8.60. The molecule has 0 amide bonds. The number of nitriles is 1. The summed E-state index contributed by atoms with van der Waals surface area (Å²) in [4.78, 5) is 2.40. The van der Waals surface area contributed by atoms with Crippen molar-refractivity contribution in [3.8, 4) is 22.9 Å². The first-order chi connectivity index (χ1) is 14.5. The van der Waals surface area contributed by atoms with Gasteiger partial charge in [-0.3, -0.25) is 0 Å². The smallest absolute Gasteiger partial charge is 0.118 e. The number of nitrogens with zero attached hydrogens (tertiary/aromatic N) is 2. The van der Waals surface area contributed by atoms with Gasteiger partial charge in [0.15, 0.2) is 0 Å². The Morgan fingerprint density at radius 2 is 1.83 bits per heavy atom. The van der Waals surface area contributed by atoms with E-state index in [1.807, 2.05) is 12.1 Å². The number of methoxy groups -OCH3 is 1. The lowest BCUT2D eigenvalue weighted by molar-refractivity contribution is 0.415. The lowest BCUT2D eigenvalue weighted by atomic mass is 9.86. The molecular formula is C27H34N2O. The Kier molecular flexibility index (Phi) is 7.57. The molecular weight excluding hydrogens is 368 g/mol. The van der Waals surface area contributed by atoms with Crippen molar-refractivity contribution >= 4 is 5.69 Å². The number of rotatable bonds is 7. The molecule has 30 heavy (non-hydrogen) atoms. The Bertz CT molecular complexity index is 911. The van der Waals surface area contributed by atoms with Crippen LogP contribution >= 0.6 is 0 Å². The lowest BCUT2D eigenvalue weighted by Crippen LogP contribution is -2.30. The second kappa shape index (κ2) is 10.3. The molecule has 0 saturated carbocycles. The van der Waals surface area contributed by atoms with Gasteiger partial charge < -0.3 is 9.64 Å². The number of anilines is 1. The Labute approximate surface area is 182 Å². The SMILES string of the molecule is COc1ccc(-c2cc(N3CCCCC3)c(C#N)cc2[C@@H](C)CCC=C(C)C)cc1. The van der Waals surface area contributed by atoms with Crippen LogP contribution < -0.4 is 9.64 Å². The Morgan fingerprint density at radius 1 is 1.13 bits per heavy atom. The van der Waals surface area contributed by atoms with Gasteiger partial charge in [-0.05, 0) is 92.8 Å². The van der Waals surface area contributed by atoms with Gasteiger partial charge in [0, 0.05) is 13.1 Å². The third-order valence-corrected chi connectivity index (χ3v) is 6.07. The van der Waals surface area contributed by atoms with Crippen molar-refractivity contribution in [2.75, 3.05) is 25.1 Å². The number of hydrogen-bond donors (Lipinski definition) is 0. The Morgan fingerprint density at radius 3 is 2.43 bits per heavy atom. The van der Waals surface area contributed by atoms with E-state index in [2.05, 4.69) is 62.1 Å². The summed E-state index contributed by atoms with van der Waals surface area (Å²) in [7, 11) is 1.70. The molecule has 3 rings (SSSR count). The zero-order chi connectivity index (χ0) is 21.5. The summed E-state index contributed by atoms with van der Waals surface area (Å²) in [5.74, 6) is 1.24. The molecule has 0 bridgehead atoms. The molecule has 1 aliphatic heterocycles.